The van der Waals surface area contributed by atoms with Gasteiger partial charge in [0.1, 0.15) is 16.9 Å². The van der Waals surface area contributed by atoms with Crippen LogP contribution in [0.25, 0.3) is 0 Å². The van der Waals surface area contributed by atoms with Gasteiger partial charge >= 0.3 is 5.97 Å². The van der Waals surface area contributed by atoms with Crippen LogP contribution in [0.15, 0.2) is 72.9 Å². The summed E-state index contributed by atoms with van der Waals surface area (Å²) >= 11 is 0. The van der Waals surface area contributed by atoms with Crippen LogP contribution in [0, 0.1) is 12.8 Å². The fourth-order valence-electron chi connectivity index (χ4n) is 5.55. The number of hydrogen-bond acceptors (Lipinski definition) is 4. The molecule has 0 spiro atoms. The average Bonchev–Trinajstić information content (AvgIpc) is 3.12. The van der Waals surface area contributed by atoms with Crippen molar-refractivity contribution in [2.24, 2.45) is 5.92 Å². The van der Waals surface area contributed by atoms with Crippen LogP contribution in [0.1, 0.15) is 52.9 Å². The first-order chi connectivity index (χ1) is 15.6. The van der Waals surface area contributed by atoms with Gasteiger partial charge in [0.25, 0.3) is 5.91 Å². The Morgan fingerprint density at radius 3 is 2.47 bits per heavy atom. The largest absolute Gasteiger partial charge is 0.425 e. The smallest absolute Gasteiger partial charge is 0.327 e. The highest BCUT2D eigenvalue weighted by Crippen LogP contribution is 2.53. The molecule has 1 amide bonds. The first-order valence-corrected chi connectivity index (χ1v) is 11.2. The molecule has 0 bridgehead atoms. The summed E-state index contributed by atoms with van der Waals surface area (Å²) in [5.74, 6) is 0.0290. The van der Waals surface area contributed by atoms with Gasteiger partial charge < -0.3 is 10.1 Å². The Bertz CT molecular complexity index is 1160. The Balaban J connectivity index is 1.64. The van der Waals surface area contributed by atoms with Crippen molar-refractivity contribution in [1.82, 2.24) is 10.3 Å². The van der Waals surface area contributed by atoms with Gasteiger partial charge in [0.2, 0.25) is 0 Å². The SMILES string of the molecule is Cc1ccccc1[C@]1([C@H]2CCCC[C@@H]2NC(=O)c2ccccn2)C(=O)Oc2ccccc21. The number of carbonyl (C=O) groups is 2. The van der Waals surface area contributed by atoms with Gasteiger partial charge in [-0.3, -0.25) is 14.6 Å². The molecule has 1 N–H and O–H groups in total. The van der Waals surface area contributed by atoms with E-state index in [0.29, 0.717) is 11.4 Å². The van der Waals surface area contributed by atoms with Crippen LogP contribution in [0.2, 0.25) is 0 Å². The second-order valence-corrected chi connectivity index (χ2v) is 8.69. The Morgan fingerprint density at radius 1 is 0.969 bits per heavy atom. The molecule has 2 aromatic carbocycles. The molecular weight excluding hydrogens is 400 g/mol. The molecule has 2 heterocycles. The summed E-state index contributed by atoms with van der Waals surface area (Å²) in [5, 5.41) is 3.22. The number of nitrogens with zero attached hydrogens (tertiary/aromatic N) is 1. The maximum atomic E-state index is 13.8. The fraction of sp³-hybridized carbons (Fsp3) is 0.296. The zero-order valence-corrected chi connectivity index (χ0v) is 18.1. The number of aryl methyl sites for hydroxylation is 1. The summed E-state index contributed by atoms with van der Waals surface area (Å²) < 4.78 is 5.86. The minimum Gasteiger partial charge on any atom is -0.425 e. The molecule has 5 rings (SSSR count). The van der Waals surface area contributed by atoms with Gasteiger partial charge in [0.05, 0.1) is 0 Å². The molecule has 162 valence electrons. The van der Waals surface area contributed by atoms with Crippen molar-refractivity contribution < 1.29 is 14.3 Å². The number of nitrogens with one attached hydrogen (secondary N) is 1. The van der Waals surface area contributed by atoms with E-state index in [-0.39, 0.29) is 23.8 Å². The zero-order valence-electron chi connectivity index (χ0n) is 18.1. The van der Waals surface area contributed by atoms with E-state index in [4.69, 9.17) is 4.74 Å². The van der Waals surface area contributed by atoms with Crippen molar-refractivity contribution >= 4 is 11.9 Å². The summed E-state index contributed by atoms with van der Waals surface area (Å²) in [7, 11) is 0. The molecule has 3 atom stereocenters. The number of para-hydroxylation sites is 1. The van der Waals surface area contributed by atoms with Crippen LogP contribution < -0.4 is 10.1 Å². The first kappa shape index (κ1) is 20.4. The van der Waals surface area contributed by atoms with Crippen LogP contribution >= 0.6 is 0 Å². The van der Waals surface area contributed by atoms with Gasteiger partial charge in [-0.1, -0.05) is 61.4 Å². The molecule has 5 heteroatoms. The maximum Gasteiger partial charge on any atom is 0.327 e. The Kier molecular flexibility index (Phi) is 5.25. The average molecular weight is 427 g/mol. The summed E-state index contributed by atoms with van der Waals surface area (Å²) in [6.07, 6.45) is 5.26. The van der Waals surface area contributed by atoms with Crippen molar-refractivity contribution in [2.45, 2.75) is 44.1 Å². The molecule has 2 aliphatic rings. The molecule has 1 fully saturated rings. The summed E-state index contributed by atoms with van der Waals surface area (Å²) in [6, 6.07) is 20.9. The Labute approximate surface area is 187 Å². The van der Waals surface area contributed by atoms with Gasteiger partial charge in [-0.25, -0.2) is 0 Å². The number of benzene rings is 2. The molecule has 1 saturated carbocycles. The third-order valence-electron chi connectivity index (χ3n) is 6.94. The number of aromatic nitrogens is 1. The van der Waals surface area contributed by atoms with E-state index in [9.17, 15) is 9.59 Å². The van der Waals surface area contributed by atoms with Crippen LogP contribution in [-0.2, 0) is 10.2 Å². The number of hydrogen-bond donors (Lipinski definition) is 1. The monoisotopic (exact) mass is 426 g/mol. The summed E-state index contributed by atoms with van der Waals surface area (Å²) in [5.41, 5.74) is 2.32. The predicted octanol–water partition coefficient (Wildman–Crippen LogP) is 4.58. The minimum absolute atomic E-state index is 0.124. The number of esters is 1. The Hall–Kier alpha value is -3.47. The zero-order chi connectivity index (χ0) is 22.1. The molecule has 32 heavy (non-hydrogen) atoms. The van der Waals surface area contributed by atoms with Gasteiger partial charge in [-0.2, -0.15) is 0 Å². The molecule has 1 aliphatic carbocycles. The van der Waals surface area contributed by atoms with Gasteiger partial charge in [0, 0.05) is 23.7 Å². The number of carbonyl (C=O) groups excluding carboxylic acids is 2. The van der Waals surface area contributed by atoms with Crippen LogP contribution in [0.3, 0.4) is 0 Å². The third kappa shape index (κ3) is 3.20. The van der Waals surface area contributed by atoms with Gasteiger partial charge in [-0.15, -0.1) is 0 Å². The molecule has 3 aromatic rings. The Morgan fingerprint density at radius 2 is 1.69 bits per heavy atom. The number of pyridine rings is 1. The molecule has 5 nitrogen and oxygen atoms in total. The highest BCUT2D eigenvalue weighted by atomic mass is 16.5. The number of rotatable bonds is 4. The molecule has 0 radical (unpaired) electrons. The molecule has 0 saturated heterocycles. The van der Waals surface area contributed by atoms with Crippen molar-refractivity contribution in [3.63, 3.8) is 0 Å². The third-order valence-corrected chi connectivity index (χ3v) is 6.94. The van der Waals surface area contributed by atoms with Gasteiger partial charge in [-0.05, 0) is 49.1 Å². The molecular formula is C27H26N2O3. The van der Waals surface area contributed by atoms with Gasteiger partial charge in [0.15, 0.2) is 0 Å². The second kappa shape index (κ2) is 8.23. The lowest BCUT2D eigenvalue weighted by molar-refractivity contribution is -0.139. The highest BCUT2D eigenvalue weighted by molar-refractivity contribution is 5.96. The summed E-state index contributed by atoms with van der Waals surface area (Å²) in [6.45, 7) is 2.04. The molecule has 1 aliphatic heterocycles. The van der Waals surface area contributed by atoms with E-state index in [2.05, 4.69) is 10.3 Å². The highest BCUT2D eigenvalue weighted by Gasteiger charge is 2.58. The van der Waals surface area contributed by atoms with Crippen LogP contribution in [0.4, 0.5) is 0 Å². The standard InChI is InChI=1S/C27H26N2O3/c1-18-10-2-3-11-19(18)27(21-13-5-7-16-24(21)32-26(27)31)20-12-4-6-14-22(20)29-25(30)23-15-8-9-17-28-23/h2-3,5,7-11,13,15-17,20,22H,4,6,12,14H2,1H3,(H,29,30)/t20-,22-,27+/m0/s1. The first-order valence-electron chi connectivity index (χ1n) is 11.2. The van der Waals surface area contributed by atoms with Crippen LogP contribution in [0.5, 0.6) is 5.75 Å². The lowest BCUT2D eigenvalue weighted by atomic mass is 9.59. The minimum atomic E-state index is -0.954. The van der Waals surface area contributed by atoms with E-state index in [1.54, 1.807) is 24.4 Å². The van der Waals surface area contributed by atoms with E-state index >= 15 is 0 Å². The van der Waals surface area contributed by atoms with Crippen molar-refractivity contribution in [3.05, 3.63) is 95.3 Å². The van der Waals surface area contributed by atoms with E-state index in [1.807, 2.05) is 55.5 Å². The fourth-order valence-corrected chi connectivity index (χ4v) is 5.55. The van der Waals surface area contributed by atoms with Crippen LogP contribution in [-0.4, -0.2) is 22.9 Å². The predicted molar refractivity (Wildman–Crippen MR) is 121 cm³/mol. The van der Waals surface area contributed by atoms with Crippen molar-refractivity contribution in [3.8, 4) is 5.75 Å². The lowest BCUT2D eigenvalue weighted by Gasteiger charge is -2.43. The second-order valence-electron chi connectivity index (χ2n) is 8.69. The van der Waals surface area contributed by atoms with E-state index in [1.165, 1.54) is 0 Å². The summed E-state index contributed by atoms with van der Waals surface area (Å²) in [4.78, 5) is 31.0. The molecule has 0 unspecified atom stereocenters. The van der Waals surface area contributed by atoms with E-state index in [0.717, 1.165) is 42.4 Å². The molecule has 1 aromatic heterocycles. The van der Waals surface area contributed by atoms with Crippen molar-refractivity contribution in [2.75, 3.05) is 0 Å². The lowest BCUT2D eigenvalue weighted by Crippen LogP contribution is -2.54. The van der Waals surface area contributed by atoms with Crippen molar-refractivity contribution in [1.29, 1.82) is 0 Å². The number of fused-ring (bicyclic) bond motifs is 1. The topological polar surface area (TPSA) is 68.3 Å². The quantitative estimate of drug-likeness (QED) is 0.490. The number of ether oxygens (including phenoxy) is 1. The maximum absolute atomic E-state index is 13.8. The number of amides is 1. The normalized spacial score (nSPS) is 24.5. The van der Waals surface area contributed by atoms with E-state index < -0.39 is 5.41 Å².